The Balaban J connectivity index is 1.25. The van der Waals surface area contributed by atoms with Crippen LogP contribution in [0.15, 0.2) is 138 Å². The van der Waals surface area contributed by atoms with E-state index in [9.17, 15) is 0 Å². The molecular formula is C59H57BN2O. The number of rotatable bonds is 3. The molecule has 7 aromatic carbocycles. The third kappa shape index (κ3) is 5.59. The van der Waals surface area contributed by atoms with Gasteiger partial charge in [-0.05, 0) is 164 Å². The summed E-state index contributed by atoms with van der Waals surface area (Å²) >= 11 is 0. The Morgan fingerprint density at radius 2 is 1.00 bits per heavy atom. The molecule has 4 heteroatoms. The number of anilines is 6. The first-order valence-corrected chi connectivity index (χ1v) is 23.3. The Morgan fingerprint density at radius 3 is 1.71 bits per heavy atom. The second-order valence-electron chi connectivity index (χ2n) is 21.9. The van der Waals surface area contributed by atoms with Gasteiger partial charge in [0.05, 0.1) is 0 Å². The van der Waals surface area contributed by atoms with Crippen molar-refractivity contribution >= 4 is 79.2 Å². The van der Waals surface area contributed by atoms with Crippen LogP contribution in [0.4, 0.5) is 34.1 Å². The SMILES string of the molecule is Cc1ccccc1N1c2cc3c(cc2B2c4cc5c(cc4N(c4ccc6c(c4)C(C)(C)CCC6(C)C)c4cc(-c6ccccc6)cc1c42)C(C)(C)CCC5(C)C)oc1ccccc13. The van der Waals surface area contributed by atoms with E-state index in [0.29, 0.717) is 0 Å². The molecule has 312 valence electrons. The van der Waals surface area contributed by atoms with Crippen molar-refractivity contribution in [3.05, 3.63) is 161 Å². The predicted molar refractivity (Wildman–Crippen MR) is 268 cm³/mol. The summed E-state index contributed by atoms with van der Waals surface area (Å²) in [4.78, 5) is 5.26. The van der Waals surface area contributed by atoms with Crippen LogP contribution < -0.4 is 26.2 Å². The van der Waals surface area contributed by atoms with Crippen molar-refractivity contribution in [2.75, 3.05) is 9.80 Å². The van der Waals surface area contributed by atoms with Crippen LogP contribution in [0.2, 0.25) is 0 Å². The number of para-hydroxylation sites is 2. The van der Waals surface area contributed by atoms with E-state index in [1.807, 2.05) is 0 Å². The number of nitrogens with zero attached hydrogens (tertiary/aromatic N) is 2. The summed E-state index contributed by atoms with van der Waals surface area (Å²) in [6, 6.07) is 51.1. The zero-order chi connectivity index (χ0) is 43.4. The number of hydrogen-bond acceptors (Lipinski definition) is 3. The van der Waals surface area contributed by atoms with Gasteiger partial charge in [0.2, 0.25) is 0 Å². The molecule has 0 fully saturated rings. The second kappa shape index (κ2) is 13.0. The lowest BCUT2D eigenvalue weighted by Crippen LogP contribution is -2.62. The Morgan fingerprint density at radius 1 is 0.429 bits per heavy atom. The summed E-state index contributed by atoms with van der Waals surface area (Å²) in [6.45, 7) is 21.9. The van der Waals surface area contributed by atoms with Crippen LogP contribution in [0.25, 0.3) is 33.1 Å². The minimum atomic E-state index is -0.0295. The zero-order valence-corrected chi connectivity index (χ0v) is 38.4. The molecule has 12 rings (SSSR count). The molecular weight excluding hydrogens is 763 g/mol. The van der Waals surface area contributed by atoms with Crippen molar-refractivity contribution in [1.82, 2.24) is 0 Å². The Labute approximate surface area is 373 Å². The lowest BCUT2D eigenvalue weighted by atomic mass is 9.33. The third-order valence-corrected chi connectivity index (χ3v) is 16.1. The fraction of sp³-hybridized carbons (Fsp3) is 0.288. The standard InChI is InChI=1S/C59H57BN2O/c1-36-17-13-15-21-48(36)62-49-32-41-40-20-14-16-22-53(40)63-54(41)35-47(49)60-46-33-44-45(59(8,9)28-27-58(44,6)7)34-50(46)61(39-23-24-42-43(31-39)57(4,5)26-25-56(42,2)3)51-29-38(30-52(62)55(51)60)37-18-11-10-12-19-37/h10-24,29-35H,25-28H2,1-9H3. The molecule has 1 aromatic heterocycles. The summed E-state index contributed by atoms with van der Waals surface area (Å²) in [7, 11) is 0. The molecule has 3 nitrogen and oxygen atoms in total. The highest BCUT2D eigenvalue weighted by molar-refractivity contribution is 7.00. The van der Waals surface area contributed by atoms with Crippen LogP contribution in [-0.4, -0.2) is 6.71 Å². The second-order valence-corrected chi connectivity index (χ2v) is 21.9. The monoisotopic (exact) mass is 820 g/mol. The zero-order valence-electron chi connectivity index (χ0n) is 38.4. The van der Waals surface area contributed by atoms with Gasteiger partial charge >= 0.3 is 0 Å². The molecule has 0 N–H and O–H groups in total. The van der Waals surface area contributed by atoms with Gasteiger partial charge in [-0.15, -0.1) is 0 Å². The van der Waals surface area contributed by atoms with Gasteiger partial charge in [0.15, 0.2) is 0 Å². The van der Waals surface area contributed by atoms with E-state index in [2.05, 4.69) is 206 Å². The van der Waals surface area contributed by atoms with Crippen molar-refractivity contribution in [2.45, 2.75) is 110 Å². The minimum Gasteiger partial charge on any atom is -0.456 e. The minimum absolute atomic E-state index is 0.0295. The fourth-order valence-electron chi connectivity index (χ4n) is 12.1. The van der Waals surface area contributed by atoms with Gasteiger partial charge in [-0.1, -0.05) is 134 Å². The molecule has 3 heterocycles. The van der Waals surface area contributed by atoms with Crippen molar-refractivity contribution in [2.24, 2.45) is 0 Å². The van der Waals surface area contributed by atoms with Crippen molar-refractivity contribution in [3.63, 3.8) is 0 Å². The van der Waals surface area contributed by atoms with Crippen LogP contribution in [0, 0.1) is 6.92 Å². The molecule has 0 radical (unpaired) electrons. The lowest BCUT2D eigenvalue weighted by Gasteiger charge is -2.48. The molecule has 0 saturated carbocycles. The number of hydrogen-bond donors (Lipinski definition) is 0. The molecule has 0 bridgehead atoms. The molecule has 63 heavy (non-hydrogen) atoms. The molecule has 4 aliphatic rings. The molecule has 0 amide bonds. The highest BCUT2D eigenvalue weighted by Gasteiger charge is 2.48. The van der Waals surface area contributed by atoms with E-state index in [4.69, 9.17) is 4.42 Å². The van der Waals surface area contributed by atoms with Crippen LogP contribution in [0.5, 0.6) is 0 Å². The lowest BCUT2D eigenvalue weighted by molar-refractivity contribution is 0.332. The maximum Gasteiger partial charge on any atom is 0.252 e. The Kier molecular flexibility index (Phi) is 8.00. The molecule has 2 aliphatic carbocycles. The van der Waals surface area contributed by atoms with E-state index >= 15 is 0 Å². The van der Waals surface area contributed by atoms with E-state index in [0.717, 1.165) is 34.8 Å². The summed E-state index contributed by atoms with van der Waals surface area (Å²) in [6.07, 6.45) is 4.68. The average Bonchev–Trinajstić information content (AvgIpc) is 3.64. The van der Waals surface area contributed by atoms with E-state index in [1.54, 1.807) is 0 Å². The number of benzene rings is 7. The first-order chi connectivity index (χ1) is 30.1. The summed E-state index contributed by atoms with van der Waals surface area (Å²) < 4.78 is 6.78. The molecule has 0 atom stereocenters. The van der Waals surface area contributed by atoms with Crippen LogP contribution in [0.1, 0.15) is 109 Å². The highest BCUT2D eigenvalue weighted by atomic mass is 16.3. The quantitative estimate of drug-likeness (QED) is 0.166. The number of furan rings is 1. The van der Waals surface area contributed by atoms with Gasteiger partial charge in [-0.25, -0.2) is 0 Å². The van der Waals surface area contributed by atoms with Crippen LogP contribution in [-0.2, 0) is 21.7 Å². The van der Waals surface area contributed by atoms with Crippen molar-refractivity contribution in [1.29, 1.82) is 0 Å². The first kappa shape index (κ1) is 38.7. The highest BCUT2D eigenvalue weighted by Crippen LogP contribution is 2.53. The van der Waals surface area contributed by atoms with Gasteiger partial charge in [0, 0.05) is 44.9 Å². The maximum absolute atomic E-state index is 6.78. The summed E-state index contributed by atoms with van der Waals surface area (Å²) in [5.74, 6) is 0. The van der Waals surface area contributed by atoms with Gasteiger partial charge < -0.3 is 14.2 Å². The van der Waals surface area contributed by atoms with E-state index < -0.39 is 0 Å². The summed E-state index contributed by atoms with van der Waals surface area (Å²) in [5, 5.41) is 2.30. The molecule has 0 spiro atoms. The van der Waals surface area contributed by atoms with Crippen molar-refractivity contribution < 1.29 is 4.42 Å². The van der Waals surface area contributed by atoms with Crippen LogP contribution in [0.3, 0.4) is 0 Å². The first-order valence-electron chi connectivity index (χ1n) is 23.3. The molecule has 2 aliphatic heterocycles. The topological polar surface area (TPSA) is 19.6 Å². The third-order valence-electron chi connectivity index (χ3n) is 16.1. The maximum atomic E-state index is 6.78. The number of aryl methyl sites for hydroxylation is 1. The predicted octanol–water partition coefficient (Wildman–Crippen LogP) is 14.3. The van der Waals surface area contributed by atoms with Gasteiger partial charge in [0.25, 0.3) is 6.71 Å². The number of fused-ring (bicyclic) bond motifs is 9. The average molecular weight is 821 g/mol. The van der Waals surface area contributed by atoms with Gasteiger partial charge in [0.1, 0.15) is 11.2 Å². The van der Waals surface area contributed by atoms with Crippen LogP contribution >= 0.6 is 0 Å². The van der Waals surface area contributed by atoms with Gasteiger partial charge in [-0.3, -0.25) is 0 Å². The Bertz CT molecular complexity index is 3220. The molecule has 0 saturated heterocycles. The normalized spacial score (nSPS) is 18.4. The molecule has 8 aromatic rings. The van der Waals surface area contributed by atoms with Gasteiger partial charge in [-0.2, -0.15) is 0 Å². The largest absolute Gasteiger partial charge is 0.456 e. The summed E-state index contributed by atoms with van der Waals surface area (Å²) in [5.41, 5.74) is 23.2. The van der Waals surface area contributed by atoms with Crippen molar-refractivity contribution in [3.8, 4) is 11.1 Å². The Hall–Kier alpha value is -6.00. The smallest absolute Gasteiger partial charge is 0.252 e. The van der Waals surface area contributed by atoms with E-state index in [-0.39, 0.29) is 28.4 Å². The fourth-order valence-corrected chi connectivity index (χ4v) is 12.1. The molecule has 0 unspecified atom stereocenters. The van der Waals surface area contributed by atoms with E-state index in [1.165, 1.54) is 102 Å².